The molecule has 19 heavy (non-hydrogen) atoms. The molecule has 0 radical (unpaired) electrons. The largest absolute Gasteiger partial charge is 0.384 e. The summed E-state index contributed by atoms with van der Waals surface area (Å²) in [5, 5.41) is 36.3. The van der Waals surface area contributed by atoms with Crippen LogP contribution in [-0.2, 0) is 4.79 Å². The molecule has 100 valence electrons. The second-order valence-electron chi connectivity index (χ2n) is 3.89. The highest BCUT2D eigenvalue weighted by Crippen LogP contribution is 2.26. The van der Waals surface area contributed by atoms with E-state index in [2.05, 4.69) is 10.2 Å². The molecule has 0 aliphatic carbocycles. The first-order valence-electron chi connectivity index (χ1n) is 5.19. The van der Waals surface area contributed by atoms with E-state index in [1.165, 1.54) is 18.2 Å². The van der Waals surface area contributed by atoms with Crippen LogP contribution in [0.3, 0.4) is 0 Å². The maximum atomic E-state index is 10.8. The highest BCUT2D eigenvalue weighted by molar-refractivity contribution is 5.85. The topological polar surface area (TPSA) is 155 Å². The van der Waals surface area contributed by atoms with Crippen molar-refractivity contribution < 1.29 is 19.9 Å². The Kier molecular flexibility index (Phi) is 3.15. The quantitative estimate of drug-likeness (QED) is 0.425. The number of H-pyrrole nitrogens is 1. The number of hydrogen-bond donors (Lipinski definition) is 4. The van der Waals surface area contributed by atoms with Crippen molar-refractivity contribution in [3.8, 4) is 0 Å². The lowest BCUT2D eigenvalue weighted by molar-refractivity contribution is -0.384. The Hall–Kier alpha value is -2.52. The number of hydrogen-bond acceptors (Lipinski definition) is 6. The van der Waals surface area contributed by atoms with Crippen molar-refractivity contribution in [1.29, 1.82) is 0 Å². The van der Waals surface area contributed by atoms with Crippen LogP contribution in [0.25, 0.3) is 10.9 Å². The summed E-state index contributed by atoms with van der Waals surface area (Å²) in [7, 11) is 0. The number of nitrogens with one attached hydrogen (secondary N) is 1. The number of non-ortho nitro benzene ring substituents is 1. The summed E-state index contributed by atoms with van der Waals surface area (Å²) in [4.78, 5) is 20.8. The Labute approximate surface area is 105 Å². The van der Waals surface area contributed by atoms with Crippen LogP contribution in [-0.4, -0.2) is 37.3 Å². The van der Waals surface area contributed by atoms with Gasteiger partial charge < -0.3 is 15.9 Å². The van der Waals surface area contributed by atoms with Gasteiger partial charge in [0.15, 0.2) is 6.10 Å². The Morgan fingerprint density at radius 1 is 1.47 bits per heavy atom. The number of nitrogens with zero attached hydrogens (tertiary/aromatic N) is 2. The standard InChI is InChI=1S/C10H10N4O5/c11-10(17)9(16)8(15)7-5-2-1-4(14(18)19)3-6(5)12-13-7/h1-3,8-9,15-16H,(H2,11,17)(H,12,13). The van der Waals surface area contributed by atoms with Crippen LogP contribution in [0, 0.1) is 10.1 Å². The summed E-state index contributed by atoms with van der Waals surface area (Å²) in [5.41, 5.74) is 5.02. The fourth-order valence-electron chi connectivity index (χ4n) is 1.67. The van der Waals surface area contributed by atoms with Crippen molar-refractivity contribution in [1.82, 2.24) is 10.2 Å². The molecule has 0 spiro atoms. The van der Waals surface area contributed by atoms with Crippen LogP contribution in [0.1, 0.15) is 11.8 Å². The molecule has 2 unspecified atom stereocenters. The number of nitrogens with two attached hydrogens (primary N) is 1. The maximum absolute atomic E-state index is 10.8. The van der Waals surface area contributed by atoms with Crippen LogP contribution in [0.2, 0.25) is 0 Å². The van der Waals surface area contributed by atoms with E-state index in [0.29, 0.717) is 5.39 Å². The number of benzene rings is 1. The first kappa shape index (κ1) is 12.9. The number of carbonyl (C=O) groups is 1. The van der Waals surface area contributed by atoms with Gasteiger partial charge in [-0.3, -0.25) is 20.0 Å². The molecule has 5 N–H and O–H groups in total. The minimum Gasteiger partial charge on any atom is -0.384 e. The van der Waals surface area contributed by atoms with Gasteiger partial charge in [0, 0.05) is 17.5 Å². The zero-order valence-electron chi connectivity index (χ0n) is 9.48. The average molecular weight is 266 g/mol. The van der Waals surface area contributed by atoms with Gasteiger partial charge in [-0.1, -0.05) is 0 Å². The van der Waals surface area contributed by atoms with Gasteiger partial charge >= 0.3 is 0 Å². The molecule has 9 nitrogen and oxygen atoms in total. The molecule has 0 aliphatic rings. The van der Waals surface area contributed by atoms with E-state index >= 15 is 0 Å². The molecule has 1 heterocycles. The Morgan fingerprint density at radius 3 is 2.74 bits per heavy atom. The number of aliphatic hydroxyl groups is 2. The summed E-state index contributed by atoms with van der Waals surface area (Å²) >= 11 is 0. The number of aromatic amines is 1. The van der Waals surface area contributed by atoms with Crippen LogP contribution < -0.4 is 5.73 Å². The van der Waals surface area contributed by atoms with Gasteiger partial charge in [0.2, 0.25) is 5.91 Å². The Balaban J connectivity index is 2.46. The van der Waals surface area contributed by atoms with Crippen LogP contribution in [0.15, 0.2) is 18.2 Å². The number of aliphatic hydroxyl groups excluding tert-OH is 2. The second kappa shape index (κ2) is 4.63. The first-order chi connectivity index (χ1) is 8.91. The third-order valence-corrected chi connectivity index (χ3v) is 2.67. The Bertz CT molecular complexity index is 652. The minimum atomic E-state index is -1.79. The molecule has 9 heteroatoms. The van der Waals surface area contributed by atoms with Crippen molar-refractivity contribution in [2.75, 3.05) is 0 Å². The summed E-state index contributed by atoms with van der Waals surface area (Å²) in [6, 6.07) is 3.80. The van der Waals surface area contributed by atoms with Gasteiger partial charge in [-0.15, -0.1) is 0 Å². The number of fused-ring (bicyclic) bond motifs is 1. The third-order valence-electron chi connectivity index (χ3n) is 2.67. The molecule has 1 aromatic heterocycles. The SMILES string of the molecule is NC(=O)C(O)C(O)c1[nH]nc2cc([N+](=O)[O-])ccc12. The van der Waals surface area contributed by atoms with E-state index < -0.39 is 23.0 Å². The molecule has 1 amide bonds. The number of nitro groups is 1. The number of nitro benzene ring substituents is 1. The Morgan fingerprint density at radius 2 is 2.16 bits per heavy atom. The van der Waals surface area contributed by atoms with Gasteiger partial charge in [-0.25, -0.2) is 0 Å². The van der Waals surface area contributed by atoms with Crippen LogP contribution in [0.5, 0.6) is 0 Å². The van der Waals surface area contributed by atoms with Gasteiger partial charge in [0.25, 0.3) is 5.69 Å². The average Bonchev–Trinajstić information content (AvgIpc) is 2.79. The molecule has 0 saturated heterocycles. The summed E-state index contributed by atoms with van der Waals surface area (Å²) < 4.78 is 0. The number of primary amides is 1. The fourth-order valence-corrected chi connectivity index (χ4v) is 1.67. The number of rotatable bonds is 4. The molecule has 2 aromatic rings. The lowest BCUT2D eigenvalue weighted by atomic mass is 10.1. The molecule has 2 rings (SSSR count). The smallest absolute Gasteiger partial charge is 0.271 e. The van der Waals surface area contributed by atoms with E-state index in [4.69, 9.17) is 5.73 Å². The minimum absolute atomic E-state index is 0.0659. The summed E-state index contributed by atoms with van der Waals surface area (Å²) in [6.45, 7) is 0. The van der Waals surface area contributed by atoms with Gasteiger partial charge in [-0.05, 0) is 6.07 Å². The van der Waals surface area contributed by atoms with E-state index in [0.717, 1.165) is 0 Å². The van der Waals surface area contributed by atoms with Crippen molar-refractivity contribution in [2.45, 2.75) is 12.2 Å². The third kappa shape index (κ3) is 2.23. The molecule has 0 fully saturated rings. The number of carbonyl (C=O) groups excluding carboxylic acids is 1. The highest BCUT2D eigenvalue weighted by Gasteiger charge is 2.27. The lowest BCUT2D eigenvalue weighted by Crippen LogP contribution is -2.34. The molecule has 0 bridgehead atoms. The van der Waals surface area contributed by atoms with Gasteiger partial charge in [0.05, 0.1) is 16.1 Å². The monoisotopic (exact) mass is 266 g/mol. The van der Waals surface area contributed by atoms with E-state index in [9.17, 15) is 25.1 Å². The van der Waals surface area contributed by atoms with Crippen LogP contribution >= 0.6 is 0 Å². The molecule has 1 aromatic carbocycles. The molecular weight excluding hydrogens is 256 g/mol. The predicted octanol–water partition coefficient (Wildman–Crippen LogP) is -0.649. The van der Waals surface area contributed by atoms with Crippen molar-refractivity contribution in [3.63, 3.8) is 0 Å². The van der Waals surface area contributed by atoms with Crippen molar-refractivity contribution in [2.24, 2.45) is 5.73 Å². The number of amides is 1. The zero-order chi connectivity index (χ0) is 14.2. The number of aromatic nitrogens is 2. The lowest BCUT2D eigenvalue weighted by Gasteiger charge is -2.13. The fraction of sp³-hybridized carbons (Fsp3) is 0.200. The van der Waals surface area contributed by atoms with E-state index in [-0.39, 0.29) is 16.9 Å². The van der Waals surface area contributed by atoms with Crippen LogP contribution in [0.4, 0.5) is 5.69 Å². The van der Waals surface area contributed by atoms with Crippen molar-refractivity contribution >= 4 is 22.5 Å². The summed E-state index contributed by atoms with van der Waals surface area (Å²) in [6.07, 6.45) is -3.37. The normalized spacial score (nSPS) is 14.2. The zero-order valence-corrected chi connectivity index (χ0v) is 9.48. The van der Waals surface area contributed by atoms with Gasteiger partial charge in [0.1, 0.15) is 6.10 Å². The highest BCUT2D eigenvalue weighted by atomic mass is 16.6. The molecule has 2 atom stereocenters. The molecule has 0 aliphatic heterocycles. The molecular formula is C10H10N4O5. The predicted molar refractivity (Wildman–Crippen MR) is 62.9 cm³/mol. The van der Waals surface area contributed by atoms with E-state index in [1.807, 2.05) is 0 Å². The second-order valence-corrected chi connectivity index (χ2v) is 3.89. The van der Waals surface area contributed by atoms with E-state index in [1.54, 1.807) is 0 Å². The first-order valence-corrected chi connectivity index (χ1v) is 5.19. The summed E-state index contributed by atoms with van der Waals surface area (Å²) in [5.74, 6) is -1.09. The molecule has 0 saturated carbocycles. The maximum Gasteiger partial charge on any atom is 0.271 e. The van der Waals surface area contributed by atoms with Crippen molar-refractivity contribution in [3.05, 3.63) is 34.0 Å². The van der Waals surface area contributed by atoms with Gasteiger partial charge in [-0.2, -0.15) is 5.10 Å².